The zero-order chi connectivity index (χ0) is 15.5. The summed E-state index contributed by atoms with van der Waals surface area (Å²) < 4.78 is 0. The first-order valence-electron chi connectivity index (χ1n) is 9.01. The van der Waals surface area contributed by atoms with Crippen LogP contribution in [0, 0.1) is 0 Å². The summed E-state index contributed by atoms with van der Waals surface area (Å²) in [4.78, 5) is 0. The van der Waals surface area contributed by atoms with Crippen molar-refractivity contribution in [3.63, 3.8) is 0 Å². The fourth-order valence-corrected chi connectivity index (χ4v) is 4.25. The molecule has 0 radical (unpaired) electrons. The quantitative estimate of drug-likeness (QED) is 0.904. The molecule has 0 spiro atoms. The van der Waals surface area contributed by atoms with Gasteiger partial charge >= 0.3 is 0 Å². The van der Waals surface area contributed by atoms with Gasteiger partial charge in [0.25, 0.3) is 0 Å². The molecule has 3 atom stereocenters. The van der Waals surface area contributed by atoms with Gasteiger partial charge in [-0.05, 0) is 42.5 Å². The lowest BCUT2D eigenvalue weighted by molar-refractivity contribution is 0.360. The van der Waals surface area contributed by atoms with Crippen LogP contribution in [0.4, 0.5) is 0 Å². The maximum atomic E-state index is 3.88. The highest BCUT2D eigenvalue weighted by molar-refractivity contribution is 5.44. The fraction of sp³-hybridized carbons (Fsp3) is 0.429. The van der Waals surface area contributed by atoms with Crippen molar-refractivity contribution in [3.05, 3.63) is 71.3 Å². The van der Waals surface area contributed by atoms with Crippen molar-refractivity contribution in [1.29, 1.82) is 0 Å². The van der Waals surface area contributed by atoms with Crippen LogP contribution in [-0.4, -0.2) is 25.2 Å². The van der Waals surface area contributed by atoms with E-state index in [9.17, 15) is 0 Å². The lowest BCUT2D eigenvalue weighted by Gasteiger charge is -2.28. The highest BCUT2D eigenvalue weighted by atomic mass is 15.0. The van der Waals surface area contributed by atoms with Crippen LogP contribution < -0.4 is 10.6 Å². The first-order valence-corrected chi connectivity index (χ1v) is 9.01. The molecule has 0 bridgehead atoms. The number of rotatable bonds is 4. The molecule has 1 aliphatic carbocycles. The van der Waals surface area contributed by atoms with Crippen molar-refractivity contribution in [2.45, 2.75) is 43.7 Å². The predicted molar refractivity (Wildman–Crippen MR) is 95.9 cm³/mol. The molecule has 4 rings (SSSR count). The van der Waals surface area contributed by atoms with E-state index < -0.39 is 0 Å². The topological polar surface area (TPSA) is 24.1 Å². The van der Waals surface area contributed by atoms with Gasteiger partial charge in [0.05, 0.1) is 0 Å². The normalized spacial score (nSPS) is 26.9. The molecule has 1 saturated heterocycles. The van der Waals surface area contributed by atoms with Crippen LogP contribution in [0.1, 0.15) is 41.9 Å². The molecule has 0 aromatic heterocycles. The van der Waals surface area contributed by atoms with Crippen molar-refractivity contribution in [1.82, 2.24) is 10.6 Å². The Balaban J connectivity index is 1.53. The molecule has 0 saturated carbocycles. The fourth-order valence-electron chi connectivity index (χ4n) is 4.25. The van der Waals surface area contributed by atoms with Gasteiger partial charge in [0.15, 0.2) is 0 Å². The van der Waals surface area contributed by atoms with Gasteiger partial charge in [0.1, 0.15) is 0 Å². The summed E-state index contributed by atoms with van der Waals surface area (Å²) in [6.45, 7) is 2.27. The van der Waals surface area contributed by atoms with Crippen LogP contribution in [0.5, 0.6) is 0 Å². The van der Waals surface area contributed by atoms with E-state index in [1.165, 1.54) is 42.5 Å². The number of hydrogen-bond donors (Lipinski definition) is 2. The van der Waals surface area contributed by atoms with Crippen molar-refractivity contribution >= 4 is 0 Å². The van der Waals surface area contributed by atoms with Crippen molar-refractivity contribution < 1.29 is 0 Å². The van der Waals surface area contributed by atoms with Crippen LogP contribution in [0.2, 0.25) is 0 Å². The summed E-state index contributed by atoms with van der Waals surface area (Å²) in [5, 5.41) is 7.54. The van der Waals surface area contributed by atoms with Crippen molar-refractivity contribution in [3.8, 4) is 0 Å². The highest BCUT2D eigenvalue weighted by Crippen LogP contribution is 2.38. The van der Waals surface area contributed by atoms with Gasteiger partial charge in [-0.25, -0.2) is 0 Å². The third kappa shape index (κ3) is 3.19. The minimum absolute atomic E-state index is 0.482. The van der Waals surface area contributed by atoms with Gasteiger partial charge < -0.3 is 10.6 Å². The predicted octanol–water partition coefficient (Wildman–Crippen LogP) is 3.47. The second-order valence-electron chi connectivity index (χ2n) is 6.95. The van der Waals surface area contributed by atoms with E-state index in [4.69, 9.17) is 0 Å². The van der Waals surface area contributed by atoms with Gasteiger partial charge in [-0.15, -0.1) is 0 Å². The largest absolute Gasteiger partial charge is 0.313 e. The molecule has 2 N–H and O–H groups in total. The van der Waals surface area contributed by atoms with E-state index in [0.717, 1.165) is 13.0 Å². The number of piperidine rings is 1. The number of hydrogen-bond acceptors (Lipinski definition) is 2. The monoisotopic (exact) mass is 306 g/mol. The molecule has 2 nitrogen and oxygen atoms in total. The first-order chi connectivity index (χ1) is 11.4. The number of fused-ring (bicyclic) bond motifs is 1. The minimum Gasteiger partial charge on any atom is -0.313 e. The van der Waals surface area contributed by atoms with Crippen molar-refractivity contribution in [2.75, 3.05) is 13.1 Å². The maximum Gasteiger partial charge on any atom is 0.0249 e. The molecule has 23 heavy (non-hydrogen) atoms. The summed E-state index contributed by atoms with van der Waals surface area (Å²) in [6.07, 6.45) is 5.15. The van der Waals surface area contributed by atoms with E-state index in [2.05, 4.69) is 65.2 Å². The summed E-state index contributed by atoms with van der Waals surface area (Å²) in [6, 6.07) is 21.1. The minimum atomic E-state index is 0.482. The molecular weight excluding hydrogens is 280 g/mol. The molecular formula is C21H26N2. The van der Waals surface area contributed by atoms with E-state index in [0.29, 0.717) is 18.0 Å². The molecule has 120 valence electrons. The van der Waals surface area contributed by atoms with Crippen LogP contribution in [-0.2, 0) is 6.42 Å². The first kappa shape index (κ1) is 14.9. The Morgan fingerprint density at radius 3 is 2.61 bits per heavy atom. The zero-order valence-electron chi connectivity index (χ0n) is 13.7. The molecule has 1 aliphatic heterocycles. The summed E-state index contributed by atoms with van der Waals surface area (Å²) >= 11 is 0. The summed E-state index contributed by atoms with van der Waals surface area (Å²) in [5.41, 5.74) is 4.45. The van der Waals surface area contributed by atoms with Gasteiger partial charge in [0.2, 0.25) is 0 Å². The maximum absolute atomic E-state index is 3.88. The summed E-state index contributed by atoms with van der Waals surface area (Å²) in [7, 11) is 0. The molecule has 1 heterocycles. The van der Waals surface area contributed by atoms with Crippen LogP contribution >= 0.6 is 0 Å². The number of benzene rings is 2. The Labute approximate surface area is 139 Å². The van der Waals surface area contributed by atoms with Gasteiger partial charge in [-0.1, -0.05) is 61.0 Å². The average molecular weight is 306 g/mol. The van der Waals surface area contributed by atoms with E-state index in [1.807, 2.05) is 0 Å². The average Bonchev–Trinajstić information content (AvgIpc) is 3.00. The SMILES string of the molecule is c1ccc(C2c3ccccc3CC2NCC2CCCCN2)cc1. The van der Waals surface area contributed by atoms with Gasteiger partial charge in [-0.2, -0.15) is 0 Å². The van der Waals surface area contributed by atoms with E-state index in [1.54, 1.807) is 0 Å². The van der Waals surface area contributed by atoms with E-state index in [-0.39, 0.29) is 0 Å². The molecule has 2 heteroatoms. The van der Waals surface area contributed by atoms with Gasteiger partial charge in [-0.3, -0.25) is 0 Å². The Morgan fingerprint density at radius 2 is 1.78 bits per heavy atom. The molecule has 2 aliphatic rings. The van der Waals surface area contributed by atoms with Gasteiger partial charge in [0, 0.05) is 24.5 Å². The molecule has 2 aromatic rings. The highest BCUT2D eigenvalue weighted by Gasteiger charge is 2.33. The Kier molecular flexibility index (Phi) is 4.45. The molecule has 3 unspecified atom stereocenters. The lowest BCUT2D eigenvalue weighted by atomic mass is 9.90. The third-order valence-corrected chi connectivity index (χ3v) is 5.43. The molecule has 1 fully saturated rings. The molecule has 0 amide bonds. The third-order valence-electron chi connectivity index (χ3n) is 5.43. The molecule has 2 aromatic carbocycles. The van der Waals surface area contributed by atoms with Crippen LogP contribution in [0.3, 0.4) is 0 Å². The second kappa shape index (κ2) is 6.86. The summed E-state index contributed by atoms with van der Waals surface area (Å²) in [5.74, 6) is 0.482. The Hall–Kier alpha value is -1.64. The standard InChI is InChI=1S/C21H26N2/c1-2-8-16(9-3-1)21-19-12-5-4-10-17(19)14-20(21)23-15-18-11-6-7-13-22-18/h1-5,8-10,12,18,20-23H,6-7,11,13-15H2. The zero-order valence-corrected chi connectivity index (χ0v) is 13.7. The number of nitrogens with one attached hydrogen (secondary N) is 2. The lowest BCUT2D eigenvalue weighted by Crippen LogP contribution is -2.46. The van der Waals surface area contributed by atoms with Crippen molar-refractivity contribution in [2.24, 2.45) is 0 Å². The Morgan fingerprint density at radius 1 is 0.957 bits per heavy atom. The Bertz CT molecular complexity index is 631. The van der Waals surface area contributed by atoms with E-state index >= 15 is 0 Å². The smallest absolute Gasteiger partial charge is 0.0249 e. The van der Waals surface area contributed by atoms with Crippen LogP contribution in [0.15, 0.2) is 54.6 Å². The second-order valence-corrected chi connectivity index (χ2v) is 6.95. The van der Waals surface area contributed by atoms with Crippen LogP contribution in [0.25, 0.3) is 0 Å².